The molecule has 7 aromatic rings. The van der Waals surface area contributed by atoms with E-state index in [0.29, 0.717) is 5.92 Å². The maximum atomic E-state index is 2.64. The Hall–Kier alpha value is -6.90. The second-order valence-corrected chi connectivity index (χ2v) is 15.9. The quantitative estimate of drug-likeness (QED) is 0.165. The van der Waals surface area contributed by atoms with Crippen LogP contribution in [0.25, 0.3) is 54.2 Å². The van der Waals surface area contributed by atoms with Crippen LogP contribution >= 0.6 is 0 Å². The predicted octanol–water partition coefficient (Wildman–Crippen LogP) is 13.5. The number of benzene rings is 7. The first-order chi connectivity index (χ1) is 27.8. The molecule has 2 heterocycles. The first kappa shape index (κ1) is 30.4. The summed E-state index contributed by atoms with van der Waals surface area (Å²) in [6.45, 7) is 0. The van der Waals surface area contributed by atoms with Gasteiger partial charge in [-0.1, -0.05) is 164 Å². The van der Waals surface area contributed by atoms with Crippen molar-refractivity contribution in [2.75, 3.05) is 9.80 Å². The molecule has 0 N–H and O–H groups in total. The van der Waals surface area contributed by atoms with E-state index in [1.165, 1.54) is 99.3 Å². The van der Waals surface area contributed by atoms with Crippen molar-refractivity contribution in [1.29, 1.82) is 0 Å². The van der Waals surface area contributed by atoms with E-state index in [-0.39, 0.29) is 18.0 Å². The minimum absolute atomic E-state index is 0.169. The van der Waals surface area contributed by atoms with Crippen LogP contribution in [-0.2, 0) is 0 Å². The predicted molar refractivity (Wildman–Crippen MR) is 237 cm³/mol. The average Bonchev–Trinajstić information content (AvgIpc) is 3.26. The SMILES string of the molecule is C1=CC2=CC=CC3C2C(=C1)c1ccccc1N3c1ccc2c(c1)c1ccccc1c1cc(N3c4ccccc4C4=CC=CC5=CC=CC3C54)c3ccccc3c21. The number of hydrogen-bond donors (Lipinski definition) is 0. The normalized spacial score (nSPS) is 22.4. The zero-order valence-electron chi connectivity index (χ0n) is 30.7. The van der Waals surface area contributed by atoms with E-state index in [9.17, 15) is 0 Å². The molecule has 262 valence electrons. The number of nitrogens with zero attached hydrogens (tertiary/aromatic N) is 2. The molecule has 0 saturated carbocycles. The van der Waals surface area contributed by atoms with Gasteiger partial charge in [0.15, 0.2) is 0 Å². The third-order valence-electron chi connectivity index (χ3n) is 13.3. The molecule has 0 saturated heterocycles. The third kappa shape index (κ3) is 4.00. The van der Waals surface area contributed by atoms with Crippen molar-refractivity contribution in [3.8, 4) is 0 Å². The maximum Gasteiger partial charge on any atom is 0.0635 e. The standard InChI is InChI=1S/C54H36N2/c1-2-18-37-36(17-1)45-31-35(55-47-25-7-5-19-38(47)41-23-9-13-33-15-11-27-49(55)52(33)41)29-30-44(45)54-43-22-4-3-21-40(43)51(32-46(37)54)56-48-26-8-6-20-39(48)42-24-10-14-34-16-12-28-50(56)53(34)42/h1-32,49-50,52-53H. The fourth-order valence-corrected chi connectivity index (χ4v) is 11.1. The Morgan fingerprint density at radius 2 is 0.911 bits per heavy atom. The molecule has 7 aromatic carbocycles. The summed E-state index contributed by atoms with van der Waals surface area (Å²) in [5, 5.41) is 10.3. The van der Waals surface area contributed by atoms with Gasteiger partial charge in [-0.2, -0.15) is 0 Å². The molecule has 0 aromatic heterocycles. The summed E-state index contributed by atoms with van der Waals surface area (Å²) in [5.74, 6) is 0.579. The van der Waals surface area contributed by atoms with Gasteiger partial charge < -0.3 is 9.80 Å². The van der Waals surface area contributed by atoms with Gasteiger partial charge in [-0.3, -0.25) is 0 Å². The fraction of sp³-hybridized carbons (Fsp3) is 0.0741. The van der Waals surface area contributed by atoms with Crippen LogP contribution in [0.4, 0.5) is 22.7 Å². The minimum atomic E-state index is 0.169. The molecule has 0 fully saturated rings. The molecule has 2 nitrogen and oxygen atoms in total. The molecule has 56 heavy (non-hydrogen) atoms. The van der Waals surface area contributed by atoms with Crippen LogP contribution < -0.4 is 9.80 Å². The zero-order chi connectivity index (χ0) is 36.5. The van der Waals surface area contributed by atoms with E-state index >= 15 is 0 Å². The molecular formula is C54H36N2. The first-order valence-electron chi connectivity index (χ1n) is 19.9. The largest absolute Gasteiger partial charge is 0.333 e. The molecule has 4 atom stereocenters. The molecule has 4 aliphatic carbocycles. The summed E-state index contributed by atoms with van der Waals surface area (Å²) in [7, 11) is 0. The number of fused-ring (bicyclic) bond motifs is 12. The Balaban J connectivity index is 1.07. The van der Waals surface area contributed by atoms with Crippen LogP contribution in [0.2, 0.25) is 0 Å². The summed E-state index contributed by atoms with van der Waals surface area (Å²) >= 11 is 0. The maximum absolute atomic E-state index is 2.64. The number of anilines is 4. The van der Waals surface area contributed by atoms with E-state index in [4.69, 9.17) is 0 Å². The molecule has 6 aliphatic rings. The Kier molecular flexibility index (Phi) is 6.15. The summed E-state index contributed by atoms with van der Waals surface area (Å²) < 4.78 is 0. The van der Waals surface area contributed by atoms with Gasteiger partial charge in [0.25, 0.3) is 0 Å². The van der Waals surface area contributed by atoms with Crippen molar-refractivity contribution in [3.05, 3.63) is 217 Å². The highest BCUT2D eigenvalue weighted by molar-refractivity contribution is 6.33. The van der Waals surface area contributed by atoms with E-state index in [1.54, 1.807) is 0 Å². The fourth-order valence-electron chi connectivity index (χ4n) is 11.1. The molecule has 0 spiro atoms. The first-order valence-corrected chi connectivity index (χ1v) is 19.9. The highest BCUT2D eigenvalue weighted by Gasteiger charge is 2.42. The lowest BCUT2D eigenvalue weighted by atomic mass is 9.72. The lowest BCUT2D eigenvalue weighted by molar-refractivity contribution is 0.639. The van der Waals surface area contributed by atoms with Gasteiger partial charge in [0.2, 0.25) is 0 Å². The van der Waals surface area contributed by atoms with Crippen LogP contribution in [0.5, 0.6) is 0 Å². The molecule has 2 heteroatoms. The summed E-state index contributed by atoms with van der Waals surface area (Å²) in [6.07, 6.45) is 27.6. The number of rotatable bonds is 2. The summed E-state index contributed by atoms with van der Waals surface area (Å²) in [5.41, 5.74) is 13.3. The minimum Gasteiger partial charge on any atom is -0.333 e. The molecular weight excluding hydrogens is 677 g/mol. The van der Waals surface area contributed by atoms with Crippen molar-refractivity contribution in [2.45, 2.75) is 12.1 Å². The monoisotopic (exact) mass is 712 g/mol. The number of hydrogen-bond acceptors (Lipinski definition) is 2. The van der Waals surface area contributed by atoms with Crippen LogP contribution in [0.15, 0.2) is 205 Å². The van der Waals surface area contributed by atoms with Crippen molar-refractivity contribution in [3.63, 3.8) is 0 Å². The molecule has 13 rings (SSSR count). The van der Waals surface area contributed by atoms with Gasteiger partial charge in [-0.05, 0) is 90.3 Å². The van der Waals surface area contributed by atoms with E-state index in [1.807, 2.05) is 0 Å². The van der Waals surface area contributed by atoms with Crippen molar-refractivity contribution in [1.82, 2.24) is 0 Å². The second-order valence-electron chi connectivity index (χ2n) is 15.9. The van der Waals surface area contributed by atoms with Gasteiger partial charge in [0, 0.05) is 45.4 Å². The van der Waals surface area contributed by atoms with Gasteiger partial charge >= 0.3 is 0 Å². The van der Waals surface area contributed by atoms with Gasteiger partial charge in [0.1, 0.15) is 0 Å². The van der Waals surface area contributed by atoms with Crippen LogP contribution in [0.3, 0.4) is 0 Å². The summed E-state index contributed by atoms with van der Waals surface area (Å²) in [6, 6.07) is 46.3. The highest BCUT2D eigenvalue weighted by Crippen LogP contribution is 2.55. The topological polar surface area (TPSA) is 6.48 Å². The number of para-hydroxylation sites is 2. The highest BCUT2D eigenvalue weighted by atomic mass is 15.2. The van der Waals surface area contributed by atoms with Crippen LogP contribution in [0.1, 0.15) is 11.1 Å². The van der Waals surface area contributed by atoms with E-state index in [2.05, 4.69) is 204 Å². The van der Waals surface area contributed by atoms with Gasteiger partial charge in [0.05, 0.1) is 17.8 Å². The Morgan fingerprint density at radius 1 is 0.375 bits per heavy atom. The Morgan fingerprint density at radius 3 is 1.59 bits per heavy atom. The van der Waals surface area contributed by atoms with E-state index in [0.717, 1.165) is 0 Å². The molecule has 0 amide bonds. The molecule has 4 unspecified atom stereocenters. The second kappa shape index (κ2) is 11.3. The van der Waals surface area contributed by atoms with Gasteiger partial charge in [-0.25, -0.2) is 0 Å². The van der Waals surface area contributed by atoms with Crippen molar-refractivity contribution < 1.29 is 0 Å². The molecule has 0 bridgehead atoms. The van der Waals surface area contributed by atoms with Crippen LogP contribution in [-0.4, -0.2) is 12.1 Å². The Labute approximate surface area is 326 Å². The van der Waals surface area contributed by atoms with Crippen LogP contribution in [0, 0.1) is 11.8 Å². The third-order valence-corrected chi connectivity index (χ3v) is 13.3. The molecule has 2 aliphatic heterocycles. The summed E-state index contributed by atoms with van der Waals surface area (Å²) in [4.78, 5) is 5.23. The smallest absolute Gasteiger partial charge is 0.0635 e. The van der Waals surface area contributed by atoms with E-state index < -0.39 is 0 Å². The van der Waals surface area contributed by atoms with Crippen molar-refractivity contribution >= 4 is 77.0 Å². The number of allylic oxidation sites excluding steroid dienone is 10. The van der Waals surface area contributed by atoms with Crippen molar-refractivity contribution in [2.24, 2.45) is 11.8 Å². The zero-order valence-corrected chi connectivity index (χ0v) is 30.7. The molecule has 0 radical (unpaired) electrons. The lowest BCUT2D eigenvalue weighted by Gasteiger charge is -2.46. The average molecular weight is 713 g/mol. The lowest BCUT2D eigenvalue weighted by Crippen LogP contribution is -2.42. The van der Waals surface area contributed by atoms with Gasteiger partial charge in [-0.15, -0.1) is 0 Å². The Bertz CT molecular complexity index is 3180.